The van der Waals surface area contributed by atoms with E-state index in [9.17, 15) is 43.2 Å². The van der Waals surface area contributed by atoms with Gasteiger partial charge in [-0.25, -0.2) is 9.13 Å². The predicted molar refractivity (Wildman–Crippen MR) is 335 cm³/mol. The van der Waals surface area contributed by atoms with Gasteiger partial charge in [0.1, 0.15) is 19.3 Å². The van der Waals surface area contributed by atoms with Crippen molar-refractivity contribution in [2.75, 3.05) is 39.6 Å². The lowest BCUT2D eigenvalue weighted by atomic mass is 10.00. The van der Waals surface area contributed by atoms with Crippen LogP contribution in [0, 0.1) is 17.8 Å². The highest BCUT2D eigenvalue weighted by atomic mass is 31.2. The van der Waals surface area contributed by atoms with Gasteiger partial charge in [-0.3, -0.25) is 37.3 Å². The lowest BCUT2D eigenvalue weighted by Crippen LogP contribution is -2.30. The van der Waals surface area contributed by atoms with Crippen molar-refractivity contribution in [1.82, 2.24) is 0 Å². The fourth-order valence-electron chi connectivity index (χ4n) is 9.62. The van der Waals surface area contributed by atoms with Crippen LogP contribution in [0.1, 0.15) is 318 Å². The highest BCUT2D eigenvalue weighted by Crippen LogP contribution is 2.45. The lowest BCUT2D eigenvalue weighted by Gasteiger charge is -2.21. The Balaban J connectivity index is 5.25. The standard InChI is InChI=1S/C65H126O17P2/c1-8-10-11-12-13-14-15-16-17-20-24-34-41-48-64(69)81-60(52-75-62(67)46-39-32-23-21-18-19-22-29-36-43-56(3)4)54-79-83(71,72)77-50-59(66)51-78-84(73,74)80-55-61(53-76-63(68)47-40-33-27-25-30-37-44-57(5)6)82-65(70)49-42-35-28-26-31-38-45-58(7)9-2/h56-61,66H,8-55H2,1-7H3,(H,71,72)(H,73,74)/t58?,59-,60-,61-/m1/s1. The molecule has 0 aliphatic carbocycles. The molecule has 0 aliphatic heterocycles. The van der Waals surface area contributed by atoms with Gasteiger partial charge in [0.05, 0.1) is 26.4 Å². The van der Waals surface area contributed by atoms with Crippen molar-refractivity contribution in [3.63, 3.8) is 0 Å². The van der Waals surface area contributed by atoms with Crippen molar-refractivity contribution in [3.8, 4) is 0 Å². The molecule has 0 aliphatic rings. The van der Waals surface area contributed by atoms with E-state index in [1.807, 2.05) is 0 Å². The Hall–Kier alpha value is -1.94. The van der Waals surface area contributed by atoms with Gasteiger partial charge in [0, 0.05) is 25.7 Å². The van der Waals surface area contributed by atoms with Gasteiger partial charge in [-0.2, -0.15) is 0 Å². The maximum Gasteiger partial charge on any atom is 0.472 e. The van der Waals surface area contributed by atoms with E-state index in [2.05, 4.69) is 48.5 Å². The Labute approximate surface area is 511 Å². The Morgan fingerprint density at radius 1 is 0.345 bits per heavy atom. The number of aliphatic hydroxyl groups is 1. The van der Waals surface area contributed by atoms with Crippen LogP contribution in [-0.4, -0.2) is 96.7 Å². The number of unbranched alkanes of at least 4 members (excludes halogenated alkanes) is 30. The summed E-state index contributed by atoms with van der Waals surface area (Å²) in [5, 5.41) is 10.5. The topological polar surface area (TPSA) is 237 Å². The zero-order valence-corrected chi connectivity index (χ0v) is 56.1. The second-order valence-corrected chi connectivity index (χ2v) is 27.6. The molecule has 6 atom stereocenters. The van der Waals surface area contributed by atoms with Gasteiger partial charge in [-0.1, -0.05) is 267 Å². The summed E-state index contributed by atoms with van der Waals surface area (Å²) in [5.74, 6) is 0.00624. The van der Waals surface area contributed by atoms with Crippen LogP contribution in [-0.2, 0) is 65.4 Å². The molecule has 84 heavy (non-hydrogen) atoms. The van der Waals surface area contributed by atoms with Crippen LogP contribution in [0.25, 0.3) is 0 Å². The second-order valence-electron chi connectivity index (χ2n) is 24.7. The summed E-state index contributed by atoms with van der Waals surface area (Å²) in [6.07, 6.45) is 37.7. The summed E-state index contributed by atoms with van der Waals surface area (Å²) in [6, 6.07) is 0. The minimum Gasteiger partial charge on any atom is -0.462 e. The third-order valence-corrected chi connectivity index (χ3v) is 17.1. The SMILES string of the molecule is CCCCCCCCCCCCCCCC(=O)O[C@H](COC(=O)CCCCCCCCCCCC(C)C)COP(=O)(O)OC[C@@H](O)COP(=O)(O)OC[C@@H](COC(=O)CCCCCCCCC(C)C)OC(=O)CCCCCCCCC(C)CC. The third-order valence-electron chi connectivity index (χ3n) is 15.2. The van der Waals surface area contributed by atoms with Crippen LogP contribution in [0.15, 0.2) is 0 Å². The molecule has 3 unspecified atom stereocenters. The highest BCUT2D eigenvalue weighted by molar-refractivity contribution is 7.47. The molecule has 0 aromatic heterocycles. The molecular weight excluding hydrogens is 1110 g/mol. The van der Waals surface area contributed by atoms with Gasteiger partial charge in [0.15, 0.2) is 12.2 Å². The molecule has 0 rings (SSSR count). The van der Waals surface area contributed by atoms with Crippen LogP contribution >= 0.6 is 15.6 Å². The number of phosphoric ester groups is 2. The molecule has 0 aromatic rings. The Morgan fingerprint density at radius 3 is 0.905 bits per heavy atom. The molecule has 17 nitrogen and oxygen atoms in total. The Bertz CT molecular complexity index is 1670. The second kappa shape index (κ2) is 56.3. The molecule has 0 aromatic carbocycles. The maximum absolute atomic E-state index is 13.0. The van der Waals surface area contributed by atoms with Gasteiger partial charge in [0.2, 0.25) is 0 Å². The van der Waals surface area contributed by atoms with Crippen LogP contribution in [0.3, 0.4) is 0 Å². The number of carbonyl (C=O) groups excluding carboxylic acids is 4. The minimum absolute atomic E-state index is 0.102. The molecule has 19 heteroatoms. The number of phosphoric acid groups is 2. The van der Waals surface area contributed by atoms with E-state index in [1.54, 1.807) is 0 Å². The predicted octanol–water partition coefficient (Wildman–Crippen LogP) is 17.9. The molecule has 0 saturated heterocycles. The molecule has 3 N–H and O–H groups in total. The zero-order chi connectivity index (χ0) is 62.4. The quantitative estimate of drug-likeness (QED) is 0.0222. The largest absolute Gasteiger partial charge is 0.472 e. The van der Waals surface area contributed by atoms with Gasteiger partial charge >= 0.3 is 39.5 Å². The zero-order valence-electron chi connectivity index (χ0n) is 54.4. The molecule has 0 fully saturated rings. The molecule has 498 valence electrons. The summed E-state index contributed by atoms with van der Waals surface area (Å²) in [4.78, 5) is 72.2. The van der Waals surface area contributed by atoms with E-state index < -0.39 is 97.5 Å². The normalized spacial score (nSPS) is 14.7. The summed E-state index contributed by atoms with van der Waals surface area (Å²) >= 11 is 0. The molecule has 0 spiro atoms. The van der Waals surface area contributed by atoms with Crippen LogP contribution in [0.5, 0.6) is 0 Å². The van der Waals surface area contributed by atoms with Crippen molar-refractivity contribution in [1.29, 1.82) is 0 Å². The first-order valence-corrected chi connectivity index (χ1v) is 36.9. The minimum atomic E-state index is -4.95. The van der Waals surface area contributed by atoms with Crippen molar-refractivity contribution < 1.29 is 80.2 Å². The number of carbonyl (C=O) groups is 4. The summed E-state index contributed by atoms with van der Waals surface area (Å²) in [7, 11) is -9.89. The molecule has 0 amide bonds. The average molecular weight is 1240 g/mol. The Kier molecular flexibility index (Phi) is 55.0. The van der Waals surface area contributed by atoms with Crippen LogP contribution in [0.4, 0.5) is 0 Å². The average Bonchev–Trinajstić information content (AvgIpc) is 3.49. The fraction of sp³-hybridized carbons (Fsp3) is 0.938. The molecule has 0 bridgehead atoms. The number of hydrogen-bond acceptors (Lipinski definition) is 15. The summed E-state index contributed by atoms with van der Waals surface area (Å²) in [5.41, 5.74) is 0. The van der Waals surface area contributed by atoms with E-state index in [0.29, 0.717) is 31.6 Å². The van der Waals surface area contributed by atoms with Crippen molar-refractivity contribution in [3.05, 3.63) is 0 Å². The summed E-state index contributed by atoms with van der Waals surface area (Å²) < 4.78 is 68.0. The maximum atomic E-state index is 13.0. The first-order chi connectivity index (χ1) is 40.3. The molecule has 0 heterocycles. The Morgan fingerprint density at radius 2 is 0.607 bits per heavy atom. The molecular formula is C65H126O17P2. The van der Waals surface area contributed by atoms with Crippen LogP contribution in [0.2, 0.25) is 0 Å². The number of aliphatic hydroxyl groups excluding tert-OH is 1. The number of rotatable bonds is 63. The molecule has 0 saturated carbocycles. The monoisotopic (exact) mass is 1240 g/mol. The highest BCUT2D eigenvalue weighted by Gasteiger charge is 2.30. The van der Waals surface area contributed by atoms with Crippen molar-refractivity contribution >= 4 is 39.5 Å². The fourth-order valence-corrected chi connectivity index (χ4v) is 11.2. The van der Waals surface area contributed by atoms with E-state index >= 15 is 0 Å². The van der Waals surface area contributed by atoms with E-state index in [-0.39, 0.29) is 25.7 Å². The van der Waals surface area contributed by atoms with Gasteiger partial charge in [-0.15, -0.1) is 0 Å². The first kappa shape index (κ1) is 82.1. The van der Waals surface area contributed by atoms with E-state index in [4.69, 9.17) is 37.0 Å². The van der Waals surface area contributed by atoms with E-state index in [0.717, 1.165) is 108 Å². The number of esters is 4. The molecule has 0 radical (unpaired) electrons. The van der Waals surface area contributed by atoms with Gasteiger partial charge < -0.3 is 33.8 Å². The van der Waals surface area contributed by atoms with Gasteiger partial charge in [-0.05, 0) is 43.4 Å². The number of ether oxygens (including phenoxy) is 4. The smallest absolute Gasteiger partial charge is 0.462 e. The third kappa shape index (κ3) is 57.8. The van der Waals surface area contributed by atoms with Crippen molar-refractivity contribution in [2.24, 2.45) is 17.8 Å². The first-order valence-electron chi connectivity index (χ1n) is 33.9. The lowest BCUT2D eigenvalue weighted by molar-refractivity contribution is -0.161. The van der Waals surface area contributed by atoms with E-state index in [1.165, 1.54) is 122 Å². The van der Waals surface area contributed by atoms with Gasteiger partial charge in [0.25, 0.3) is 0 Å². The van der Waals surface area contributed by atoms with Crippen LogP contribution < -0.4 is 0 Å². The van der Waals surface area contributed by atoms with Crippen molar-refractivity contribution in [2.45, 2.75) is 336 Å². The summed E-state index contributed by atoms with van der Waals surface area (Å²) in [6.45, 7) is 11.7. The number of hydrogen-bond donors (Lipinski definition) is 3.